The van der Waals surface area contributed by atoms with E-state index in [4.69, 9.17) is 4.74 Å². The number of amides is 1. The van der Waals surface area contributed by atoms with Crippen LogP contribution in [0.2, 0.25) is 0 Å². The maximum absolute atomic E-state index is 12.4. The van der Waals surface area contributed by atoms with Gasteiger partial charge in [0, 0.05) is 28.8 Å². The lowest BCUT2D eigenvalue weighted by atomic mass is 10.2. The van der Waals surface area contributed by atoms with Gasteiger partial charge in [-0.2, -0.15) is 0 Å². The highest BCUT2D eigenvalue weighted by molar-refractivity contribution is 8.00. The molecular formula is C19H22N2O2S. The molecule has 126 valence electrons. The number of methoxy groups -OCH3 is 1. The lowest BCUT2D eigenvalue weighted by Crippen LogP contribution is -2.41. The summed E-state index contributed by atoms with van der Waals surface area (Å²) in [6.45, 7) is 3.92. The summed E-state index contributed by atoms with van der Waals surface area (Å²) in [5.74, 6) is 0.820. The van der Waals surface area contributed by atoms with E-state index in [1.165, 1.54) is 4.90 Å². The third-order valence-corrected chi connectivity index (χ3v) is 5.17. The Bertz CT molecular complexity index is 720. The smallest absolute Gasteiger partial charge is 0.239 e. The molecule has 1 amide bonds. The van der Waals surface area contributed by atoms with E-state index in [0.29, 0.717) is 18.3 Å². The van der Waals surface area contributed by atoms with Gasteiger partial charge in [-0.1, -0.05) is 37.3 Å². The Morgan fingerprint density at radius 3 is 2.83 bits per heavy atom. The first-order valence-corrected chi connectivity index (χ1v) is 8.94. The first kappa shape index (κ1) is 16.7. The van der Waals surface area contributed by atoms with Crippen LogP contribution in [0.3, 0.4) is 0 Å². The molecule has 2 aromatic carbocycles. The zero-order chi connectivity index (χ0) is 16.9. The molecule has 0 bridgehead atoms. The van der Waals surface area contributed by atoms with Crippen molar-refractivity contribution in [1.29, 1.82) is 0 Å². The summed E-state index contributed by atoms with van der Waals surface area (Å²) < 4.78 is 5.32. The number of hydrogen-bond acceptors (Lipinski definition) is 4. The van der Waals surface area contributed by atoms with Gasteiger partial charge in [-0.25, -0.2) is 0 Å². The van der Waals surface area contributed by atoms with Crippen LogP contribution < -0.4 is 15.0 Å². The topological polar surface area (TPSA) is 41.6 Å². The molecule has 0 radical (unpaired) electrons. The molecule has 0 fully saturated rings. The molecule has 0 aromatic heterocycles. The van der Waals surface area contributed by atoms with Gasteiger partial charge >= 0.3 is 0 Å². The number of carbonyl (C=O) groups is 1. The van der Waals surface area contributed by atoms with Crippen LogP contribution in [0.4, 0.5) is 5.69 Å². The van der Waals surface area contributed by atoms with Crippen LogP contribution in [0, 0.1) is 0 Å². The second-order valence-electron chi connectivity index (χ2n) is 5.87. The van der Waals surface area contributed by atoms with Crippen LogP contribution in [0.25, 0.3) is 0 Å². The summed E-state index contributed by atoms with van der Waals surface area (Å²) in [6, 6.07) is 16.0. The highest BCUT2D eigenvalue weighted by atomic mass is 32.2. The van der Waals surface area contributed by atoms with Crippen molar-refractivity contribution < 1.29 is 9.53 Å². The molecule has 2 aromatic rings. The van der Waals surface area contributed by atoms with Gasteiger partial charge in [0.25, 0.3) is 0 Å². The van der Waals surface area contributed by atoms with Crippen molar-refractivity contribution in [3.05, 3.63) is 54.1 Å². The number of para-hydroxylation sites is 2. The Kier molecular flexibility index (Phi) is 5.30. The fraction of sp³-hybridized carbons (Fsp3) is 0.316. The minimum Gasteiger partial charge on any atom is -0.496 e. The van der Waals surface area contributed by atoms with Gasteiger partial charge in [0.2, 0.25) is 5.91 Å². The predicted octanol–water partition coefficient (Wildman–Crippen LogP) is 3.31. The molecular weight excluding hydrogens is 320 g/mol. The minimum atomic E-state index is 0.0230. The number of nitrogens with one attached hydrogen (secondary N) is 1. The standard InChI is InChI=1S/C19H22N2O2S/c1-14-12-21(16-8-4-6-10-18(16)24-14)13-19(22)20-11-15-7-3-5-9-17(15)23-2/h3-10,14H,11-13H2,1-2H3,(H,20,22). The number of anilines is 1. The van der Waals surface area contributed by atoms with Crippen molar-refractivity contribution in [2.24, 2.45) is 0 Å². The first-order chi connectivity index (χ1) is 11.7. The van der Waals surface area contributed by atoms with Gasteiger partial charge in [0.15, 0.2) is 0 Å². The van der Waals surface area contributed by atoms with Crippen molar-refractivity contribution >= 4 is 23.4 Å². The number of carbonyl (C=O) groups excluding carboxylic acids is 1. The van der Waals surface area contributed by atoms with E-state index in [2.05, 4.69) is 29.3 Å². The number of fused-ring (bicyclic) bond motifs is 1. The highest BCUT2D eigenvalue weighted by Crippen LogP contribution is 2.37. The molecule has 0 saturated carbocycles. The van der Waals surface area contributed by atoms with E-state index in [1.54, 1.807) is 7.11 Å². The average molecular weight is 342 g/mol. The Balaban J connectivity index is 1.63. The van der Waals surface area contributed by atoms with Crippen molar-refractivity contribution in [2.45, 2.75) is 23.6 Å². The first-order valence-electron chi connectivity index (χ1n) is 8.06. The van der Waals surface area contributed by atoms with E-state index >= 15 is 0 Å². The van der Waals surface area contributed by atoms with Crippen LogP contribution in [0.1, 0.15) is 12.5 Å². The van der Waals surface area contributed by atoms with E-state index in [1.807, 2.05) is 48.2 Å². The summed E-state index contributed by atoms with van der Waals surface area (Å²) in [7, 11) is 1.64. The Labute approximate surface area is 147 Å². The van der Waals surface area contributed by atoms with Crippen LogP contribution >= 0.6 is 11.8 Å². The van der Waals surface area contributed by atoms with Gasteiger partial charge in [0.05, 0.1) is 19.3 Å². The molecule has 24 heavy (non-hydrogen) atoms. The molecule has 0 saturated heterocycles. The lowest BCUT2D eigenvalue weighted by molar-refractivity contribution is -0.119. The maximum atomic E-state index is 12.4. The zero-order valence-electron chi connectivity index (χ0n) is 14.0. The number of thioether (sulfide) groups is 1. The number of rotatable bonds is 5. The number of hydrogen-bond donors (Lipinski definition) is 1. The monoisotopic (exact) mass is 342 g/mol. The van der Waals surface area contributed by atoms with Crippen LogP contribution in [0.5, 0.6) is 5.75 Å². The Morgan fingerprint density at radius 1 is 1.25 bits per heavy atom. The summed E-state index contributed by atoms with van der Waals surface area (Å²) in [5.41, 5.74) is 2.13. The number of ether oxygens (including phenoxy) is 1. The predicted molar refractivity (Wildman–Crippen MR) is 98.8 cm³/mol. The molecule has 1 atom stereocenters. The second kappa shape index (κ2) is 7.62. The molecule has 0 spiro atoms. The number of benzene rings is 2. The quantitative estimate of drug-likeness (QED) is 0.905. The lowest BCUT2D eigenvalue weighted by Gasteiger charge is -2.33. The summed E-state index contributed by atoms with van der Waals surface area (Å²) in [4.78, 5) is 15.8. The van der Waals surface area contributed by atoms with E-state index in [-0.39, 0.29) is 5.91 Å². The van der Waals surface area contributed by atoms with Crippen LogP contribution in [-0.4, -0.2) is 31.4 Å². The van der Waals surface area contributed by atoms with Gasteiger partial charge in [-0.05, 0) is 18.2 Å². The molecule has 3 rings (SSSR count). The van der Waals surface area contributed by atoms with Crippen molar-refractivity contribution in [3.63, 3.8) is 0 Å². The van der Waals surface area contributed by atoms with Gasteiger partial charge in [-0.15, -0.1) is 11.8 Å². The molecule has 1 aliphatic rings. The summed E-state index contributed by atoms with van der Waals surface area (Å²) >= 11 is 1.87. The fourth-order valence-electron chi connectivity index (χ4n) is 2.90. The highest BCUT2D eigenvalue weighted by Gasteiger charge is 2.23. The van der Waals surface area contributed by atoms with E-state index in [9.17, 15) is 4.79 Å². The zero-order valence-corrected chi connectivity index (χ0v) is 14.8. The third-order valence-electron chi connectivity index (χ3n) is 4.01. The summed E-state index contributed by atoms with van der Waals surface area (Å²) in [6.07, 6.45) is 0. The molecule has 1 N–H and O–H groups in total. The van der Waals surface area contributed by atoms with Crippen molar-refractivity contribution in [1.82, 2.24) is 5.32 Å². The molecule has 0 aliphatic carbocycles. The largest absolute Gasteiger partial charge is 0.496 e. The SMILES string of the molecule is COc1ccccc1CNC(=O)CN1CC(C)Sc2ccccc21. The normalized spacial score (nSPS) is 16.4. The van der Waals surface area contributed by atoms with Crippen molar-refractivity contribution in [2.75, 3.05) is 25.1 Å². The van der Waals surface area contributed by atoms with Gasteiger partial charge in [0.1, 0.15) is 5.75 Å². The van der Waals surface area contributed by atoms with Gasteiger partial charge in [-0.3, -0.25) is 4.79 Å². The maximum Gasteiger partial charge on any atom is 0.239 e. The fourth-order valence-corrected chi connectivity index (χ4v) is 4.07. The molecule has 5 heteroatoms. The van der Waals surface area contributed by atoms with Crippen molar-refractivity contribution in [3.8, 4) is 5.75 Å². The number of nitrogens with zero attached hydrogens (tertiary/aromatic N) is 1. The molecule has 1 aliphatic heterocycles. The Hall–Kier alpha value is -2.14. The Morgan fingerprint density at radius 2 is 2.00 bits per heavy atom. The van der Waals surface area contributed by atoms with E-state index in [0.717, 1.165) is 23.5 Å². The van der Waals surface area contributed by atoms with Crippen LogP contribution in [-0.2, 0) is 11.3 Å². The minimum absolute atomic E-state index is 0.0230. The average Bonchev–Trinajstić information content (AvgIpc) is 2.60. The molecule has 1 heterocycles. The molecule has 4 nitrogen and oxygen atoms in total. The van der Waals surface area contributed by atoms with Crippen LogP contribution in [0.15, 0.2) is 53.4 Å². The third kappa shape index (κ3) is 3.85. The summed E-state index contributed by atoms with van der Waals surface area (Å²) in [5, 5.41) is 3.47. The van der Waals surface area contributed by atoms with E-state index < -0.39 is 0 Å². The second-order valence-corrected chi connectivity index (χ2v) is 7.35. The molecule has 1 unspecified atom stereocenters. The van der Waals surface area contributed by atoms with Gasteiger partial charge < -0.3 is 15.0 Å².